The first-order chi connectivity index (χ1) is 8.15. The van der Waals surface area contributed by atoms with Crippen molar-refractivity contribution in [3.05, 3.63) is 69.5 Å². The maximum Gasteiger partial charge on any atom is 0.269 e. The zero-order valence-corrected chi connectivity index (χ0v) is 9.46. The summed E-state index contributed by atoms with van der Waals surface area (Å²) in [6.07, 6.45) is 2.54. The van der Waals surface area contributed by atoms with Crippen LogP contribution in [0.3, 0.4) is 0 Å². The lowest BCUT2D eigenvalue weighted by Gasteiger charge is -2.02. The molecule has 0 fully saturated rings. The number of benzene rings is 1. The number of nitro groups is 1. The third kappa shape index (κ3) is 2.87. The van der Waals surface area contributed by atoms with Crippen LogP contribution in [-0.4, -0.2) is 9.91 Å². The van der Waals surface area contributed by atoms with E-state index in [1.165, 1.54) is 12.1 Å². The maximum absolute atomic E-state index is 10.5. The van der Waals surface area contributed by atoms with Crippen molar-refractivity contribution in [3.8, 4) is 0 Å². The van der Waals surface area contributed by atoms with Gasteiger partial charge in [0.2, 0.25) is 0 Å². The predicted octanol–water partition coefficient (Wildman–Crippen LogP) is 2.89. The third-order valence-electron chi connectivity index (χ3n) is 2.52. The van der Waals surface area contributed by atoms with E-state index in [-0.39, 0.29) is 10.6 Å². The fourth-order valence-electron chi connectivity index (χ4n) is 1.69. The Morgan fingerprint density at radius 1 is 1.18 bits per heavy atom. The van der Waals surface area contributed by atoms with E-state index in [2.05, 4.69) is 4.98 Å². The molecule has 1 aromatic heterocycles. The van der Waals surface area contributed by atoms with Crippen molar-refractivity contribution in [2.75, 3.05) is 0 Å². The molecule has 1 heterocycles. The Hall–Kier alpha value is -2.23. The Bertz CT molecular complexity index is 535. The van der Waals surface area contributed by atoms with E-state index in [1.54, 1.807) is 18.3 Å². The van der Waals surface area contributed by atoms with E-state index in [4.69, 9.17) is 0 Å². The van der Waals surface area contributed by atoms with Gasteiger partial charge in [-0.25, -0.2) is 0 Å². The summed E-state index contributed by atoms with van der Waals surface area (Å²) in [6.45, 7) is 1.94. The second kappa shape index (κ2) is 4.74. The molecular formula is C13H12N2O2. The van der Waals surface area contributed by atoms with Gasteiger partial charge in [0.1, 0.15) is 0 Å². The van der Waals surface area contributed by atoms with Crippen molar-refractivity contribution >= 4 is 5.69 Å². The van der Waals surface area contributed by atoms with E-state index in [1.807, 2.05) is 19.1 Å². The summed E-state index contributed by atoms with van der Waals surface area (Å²) in [4.78, 5) is 14.3. The van der Waals surface area contributed by atoms with Crippen molar-refractivity contribution in [1.29, 1.82) is 0 Å². The molecule has 0 saturated heterocycles. The van der Waals surface area contributed by atoms with Gasteiger partial charge in [0.05, 0.1) is 4.92 Å². The minimum absolute atomic E-state index is 0.125. The molecule has 0 unspecified atom stereocenters. The highest BCUT2D eigenvalue weighted by Gasteiger charge is 2.04. The van der Waals surface area contributed by atoms with Gasteiger partial charge < -0.3 is 0 Å². The van der Waals surface area contributed by atoms with E-state index in [0.29, 0.717) is 0 Å². The highest BCUT2D eigenvalue weighted by Crippen LogP contribution is 2.15. The summed E-state index contributed by atoms with van der Waals surface area (Å²) < 4.78 is 0. The number of non-ortho nitro benzene ring substituents is 1. The van der Waals surface area contributed by atoms with Gasteiger partial charge in [0, 0.05) is 24.0 Å². The topological polar surface area (TPSA) is 56.0 Å². The highest BCUT2D eigenvalue weighted by atomic mass is 16.6. The molecule has 0 saturated carbocycles. The van der Waals surface area contributed by atoms with Gasteiger partial charge in [-0.2, -0.15) is 0 Å². The normalized spacial score (nSPS) is 10.2. The molecule has 4 nitrogen and oxygen atoms in total. The number of nitrogens with zero attached hydrogens (tertiary/aromatic N) is 2. The Labute approximate surface area is 99.1 Å². The second-order valence-corrected chi connectivity index (χ2v) is 3.91. The van der Waals surface area contributed by atoms with Gasteiger partial charge in [-0.15, -0.1) is 0 Å². The number of aromatic nitrogens is 1. The molecule has 0 aliphatic rings. The van der Waals surface area contributed by atoms with Crippen LogP contribution in [0.25, 0.3) is 0 Å². The van der Waals surface area contributed by atoms with Gasteiger partial charge in [-0.3, -0.25) is 15.1 Å². The molecule has 2 rings (SSSR count). The first-order valence-electron chi connectivity index (χ1n) is 5.30. The van der Waals surface area contributed by atoms with Crippen molar-refractivity contribution in [2.45, 2.75) is 13.3 Å². The van der Waals surface area contributed by atoms with Crippen molar-refractivity contribution in [2.24, 2.45) is 0 Å². The number of nitro benzene ring substituents is 1. The molecule has 0 amide bonds. The number of pyridine rings is 1. The fraction of sp³-hybridized carbons (Fsp3) is 0.154. The molecule has 17 heavy (non-hydrogen) atoms. The summed E-state index contributed by atoms with van der Waals surface area (Å²) in [5, 5.41) is 10.5. The number of rotatable bonds is 3. The van der Waals surface area contributed by atoms with Crippen LogP contribution >= 0.6 is 0 Å². The summed E-state index contributed by atoms with van der Waals surface area (Å²) in [5.74, 6) is 0. The molecule has 1 aromatic carbocycles. The molecular weight excluding hydrogens is 216 g/mol. The van der Waals surface area contributed by atoms with Crippen LogP contribution in [0.15, 0.2) is 42.6 Å². The largest absolute Gasteiger partial charge is 0.269 e. The van der Waals surface area contributed by atoms with Crippen molar-refractivity contribution < 1.29 is 4.92 Å². The highest BCUT2D eigenvalue weighted by molar-refractivity contribution is 5.35. The quantitative estimate of drug-likeness (QED) is 0.599. The molecule has 2 aromatic rings. The first-order valence-corrected chi connectivity index (χ1v) is 5.30. The number of hydrogen-bond acceptors (Lipinski definition) is 3. The van der Waals surface area contributed by atoms with E-state index in [0.717, 1.165) is 23.2 Å². The lowest BCUT2D eigenvalue weighted by molar-refractivity contribution is -0.384. The molecule has 0 bridgehead atoms. The number of hydrogen-bond donors (Lipinski definition) is 0. The van der Waals surface area contributed by atoms with Crippen molar-refractivity contribution in [1.82, 2.24) is 4.98 Å². The van der Waals surface area contributed by atoms with Gasteiger partial charge in [-0.05, 0) is 36.6 Å². The van der Waals surface area contributed by atoms with Crippen molar-refractivity contribution in [3.63, 3.8) is 0 Å². The van der Waals surface area contributed by atoms with E-state index in [9.17, 15) is 10.1 Å². The summed E-state index contributed by atoms with van der Waals surface area (Å²) >= 11 is 0. The molecule has 0 spiro atoms. The average Bonchev–Trinajstić information content (AvgIpc) is 2.29. The zero-order chi connectivity index (χ0) is 12.3. The monoisotopic (exact) mass is 228 g/mol. The average molecular weight is 228 g/mol. The van der Waals surface area contributed by atoms with E-state index < -0.39 is 0 Å². The zero-order valence-electron chi connectivity index (χ0n) is 9.46. The van der Waals surface area contributed by atoms with Gasteiger partial charge in [-0.1, -0.05) is 12.1 Å². The van der Waals surface area contributed by atoms with Crippen LogP contribution in [0.4, 0.5) is 5.69 Å². The lowest BCUT2D eigenvalue weighted by Crippen LogP contribution is -1.92. The molecule has 4 heteroatoms. The molecule has 0 N–H and O–H groups in total. The Kier molecular flexibility index (Phi) is 3.14. The van der Waals surface area contributed by atoms with Crippen LogP contribution in [0, 0.1) is 17.0 Å². The fourth-order valence-corrected chi connectivity index (χ4v) is 1.69. The van der Waals surface area contributed by atoms with Gasteiger partial charge in [0.15, 0.2) is 0 Å². The molecule has 0 atom stereocenters. The first kappa shape index (κ1) is 11.3. The molecule has 0 radical (unpaired) electrons. The number of aryl methyl sites for hydroxylation is 1. The SMILES string of the molecule is Cc1cc(Cc2ccc([N+](=O)[O-])cc2)ccn1. The molecule has 86 valence electrons. The van der Waals surface area contributed by atoms with Crippen LogP contribution in [0.1, 0.15) is 16.8 Å². The predicted molar refractivity (Wildman–Crippen MR) is 64.9 cm³/mol. The van der Waals surface area contributed by atoms with Crippen LogP contribution in [0.2, 0.25) is 0 Å². The van der Waals surface area contributed by atoms with Crippen LogP contribution < -0.4 is 0 Å². The minimum Gasteiger partial charge on any atom is -0.262 e. The smallest absolute Gasteiger partial charge is 0.262 e. The Morgan fingerprint density at radius 2 is 1.88 bits per heavy atom. The third-order valence-corrected chi connectivity index (χ3v) is 2.52. The van der Waals surface area contributed by atoms with Crippen LogP contribution in [0.5, 0.6) is 0 Å². The van der Waals surface area contributed by atoms with E-state index >= 15 is 0 Å². The van der Waals surface area contributed by atoms with Gasteiger partial charge in [0.25, 0.3) is 5.69 Å². The Balaban J connectivity index is 2.16. The second-order valence-electron chi connectivity index (χ2n) is 3.91. The summed E-state index contributed by atoms with van der Waals surface area (Å²) in [5.41, 5.74) is 3.32. The maximum atomic E-state index is 10.5. The van der Waals surface area contributed by atoms with Gasteiger partial charge >= 0.3 is 0 Å². The molecule has 0 aliphatic heterocycles. The summed E-state index contributed by atoms with van der Waals surface area (Å²) in [7, 11) is 0. The standard InChI is InChI=1S/C13H12N2O2/c1-10-8-12(6-7-14-10)9-11-2-4-13(5-3-11)15(16)17/h2-8H,9H2,1H3. The lowest BCUT2D eigenvalue weighted by atomic mass is 10.1. The summed E-state index contributed by atoms with van der Waals surface area (Å²) in [6, 6.07) is 10.6. The minimum atomic E-state index is -0.389. The van der Waals surface area contributed by atoms with Crippen LogP contribution in [-0.2, 0) is 6.42 Å². The molecule has 0 aliphatic carbocycles. The Morgan fingerprint density at radius 3 is 2.47 bits per heavy atom.